The first-order valence-electron chi connectivity index (χ1n) is 4.76. The molecule has 3 rings (SSSR count). The summed E-state index contributed by atoms with van der Waals surface area (Å²) >= 11 is 0. The predicted molar refractivity (Wildman–Crippen MR) is 60.5 cm³/mol. The van der Waals surface area contributed by atoms with E-state index >= 15 is 0 Å². The van der Waals surface area contributed by atoms with E-state index in [9.17, 15) is 0 Å². The molecule has 4 heteroatoms. The van der Waals surface area contributed by atoms with Gasteiger partial charge >= 0.3 is 0 Å². The van der Waals surface area contributed by atoms with Crippen LogP contribution in [0.2, 0.25) is 0 Å². The van der Waals surface area contributed by atoms with Crippen LogP contribution in [-0.4, -0.2) is 15.0 Å². The van der Waals surface area contributed by atoms with Gasteiger partial charge in [0.1, 0.15) is 11.3 Å². The molecule has 2 heterocycles. The number of aryl methyl sites for hydroxylation is 1. The van der Waals surface area contributed by atoms with Crippen molar-refractivity contribution in [1.82, 2.24) is 15.0 Å². The number of benzene rings is 1. The Labute approximate surface area is 86.1 Å². The van der Waals surface area contributed by atoms with Crippen molar-refractivity contribution < 1.29 is 0 Å². The number of nitrogens with zero attached hydrogens (tertiary/aromatic N) is 2. The maximum absolute atomic E-state index is 5.84. The Morgan fingerprint density at radius 1 is 1.20 bits per heavy atom. The van der Waals surface area contributed by atoms with Crippen LogP contribution in [0.1, 0.15) is 5.82 Å². The quantitative estimate of drug-likeness (QED) is 0.580. The fourth-order valence-electron chi connectivity index (χ4n) is 1.84. The molecular formula is C11H10N4. The largest absolute Gasteiger partial charge is 0.382 e. The first-order chi connectivity index (χ1) is 7.25. The van der Waals surface area contributed by atoms with Crippen LogP contribution < -0.4 is 5.73 Å². The van der Waals surface area contributed by atoms with Gasteiger partial charge in [0.25, 0.3) is 0 Å². The van der Waals surface area contributed by atoms with Crippen LogP contribution >= 0.6 is 0 Å². The van der Waals surface area contributed by atoms with Crippen LogP contribution in [0.3, 0.4) is 0 Å². The highest BCUT2D eigenvalue weighted by molar-refractivity contribution is 6.05. The van der Waals surface area contributed by atoms with E-state index in [0.29, 0.717) is 5.82 Å². The summed E-state index contributed by atoms with van der Waals surface area (Å²) in [6.07, 6.45) is 0. The van der Waals surface area contributed by atoms with Gasteiger partial charge < -0.3 is 10.7 Å². The SMILES string of the molecule is Cc1nc2c(N)nc3ccccc3c2[nH]1. The number of imidazole rings is 1. The van der Waals surface area contributed by atoms with Gasteiger partial charge in [-0.2, -0.15) is 0 Å². The van der Waals surface area contributed by atoms with Crippen molar-refractivity contribution in [2.24, 2.45) is 0 Å². The number of aromatic amines is 1. The summed E-state index contributed by atoms with van der Waals surface area (Å²) < 4.78 is 0. The summed E-state index contributed by atoms with van der Waals surface area (Å²) in [4.78, 5) is 11.8. The fourth-order valence-corrected chi connectivity index (χ4v) is 1.84. The number of hydrogen-bond acceptors (Lipinski definition) is 3. The second-order valence-corrected chi connectivity index (χ2v) is 3.56. The van der Waals surface area contributed by atoms with Gasteiger partial charge in [0, 0.05) is 5.39 Å². The summed E-state index contributed by atoms with van der Waals surface area (Å²) in [6, 6.07) is 7.89. The molecule has 74 valence electrons. The van der Waals surface area contributed by atoms with E-state index in [2.05, 4.69) is 15.0 Å². The number of hydrogen-bond donors (Lipinski definition) is 2. The molecule has 2 aromatic heterocycles. The van der Waals surface area contributed by atoms with Crippen molar-refractivity contribution in [2.75, 3.05) is 5.73 Å². The second kappa shape index (κ2) is 2.70. The Bertz CT molecular complexity index is 654. The zero-order valence-electron chi connectivity index (χ0n) is 8.28. The lowest BCUT2D eigenvalue weighted by Gasteiger charge is -1.99. The Hall–Kier alpha value is -2.10. The third-order valence-electron chi connectivity index (χ3n) is 2.48. The number of pyridine rings is 1. The van der Waals surface area contributed by atoms with Crippen LogP contribution in [0.25, 0.3) is 21.9 Å². The fraction of sp³-hybridized carbons (Fsp3) is 0.0909. The summed E-state index contributed by atoms with van der Waals surface area (Å²) in [5, 5.41) is 1.06. The number of nitrogen functional groups attached to an aromatic ring is 1. The smallest absolute Gasteiger partial charge is 0.152 e. The molecule has 0 saturated carbocycles. The lowest BCUT2D eigenvalue weighted by Crippen LogP contribution is -1.92. The highest BCUT2D eigenvalue weighted by Crippen LogP contribution is 2.25. The summed E-state index contributed by atoms with van der Waals surface area (Å²) in [6.45, 7) is 1.91. The third kappa shape index (κ3) is 1.08. The first kappa shape index (κ1) is 8.23. The highest BCUT2D eigenvalue weighted by atomic mass is 15.0. The molecule has 0 aliphatic carbocycles. The van der Waals surface area contributed by atoms with E-state index in [1.807, 2.05) is 31.2 Å². The van der Waals surface area contributed by atoms with E-state index in [-0.39, 0.29) is 0 Å². The summed E-state index contributed by atoms with van der Waals surface area (Å²) in [7, 11) is 0. The molecular weight excluding hydrogens is 188 g/mol. The maximum atomic E-state index is 5.84. The average Bonchev–Trinajstić information content (AvgIpc) is 2.61. The molecule has 0 aliphatic heterocycles. The van der Waals surface area contributed by atoms with E-state index in [1.54, 1.807) is 0 Å². The van der Waals surface area contributed by atoms with Crippen molar-refractivity contribution in [1.29, 1.82) is 0 Å². The van der Waals surface area contributed by atoms with Crippen molar-refractivity contribution in [3.8, 4) is 0 Å². The van der Waals surface area contributed by atoms with Crippen LogP contribution in [0.15, 0.2) is 24.3 Å². The normalized spacial score (nSPS) is 11.3. The minimum absolute atomic E-state index is 0.480. The van der Waals surface area contributed by atoms with Crippen LogP contribution in [-0.2, 0) is 0 Å². The van der Waals surface area contributed by atoms with Gasteiger partial charge in [0.2, 0.25) is 0 Å². The number of anilines is 1. The molecule has 0 fully saturated rings. The van der Waals surface area contributed by atoms with Gasteiger partial charge in [0.15, 0.2) is 5.82 Å². The van der Waals surface area contributed by atoms with Gasteiger partial charge in [-0.25, -0.2) is 9.97 Å². The van der Waals surface area contributed by atoms with Crippen molar-refractivity contribution >= 4 is 27.8 Å². The molecule has 4 nitrogen and oxygen atoms in total. The lowest BCUT2D eigenvalue weighted by molar-refractivity contribution is 1.17. The average molecular weight is 198 g/mol. The van der Waals surface area contributed by atoms with E-state index in [0.717, 1.165) is 27.8 Å². The zero-order chi connectivity index (χ0) is 10.4. The van der Waals surface area contributed by atoms with Crippen molar-refractivity contribution in [2.45, 2.75) is 6.92 Å². The predicted octanol–water partition coefficient (Wildman–Crippen LogP) is 2.00. The van der Waals surface area contributed by atoms with Crippen molar-refractivity contribution in [3.63, 3.8) is 0 Å². The third-order valence-corrected chi connectivity index (χ3v) is 2.48. The Balaban J connectivity index is 2.63. The Morgan fingerprint density at radius 2 is 2.00 bits per heavy atom. The molecule has 1 aromatic carbocycles. The summed E-state index contributed by atoms with van der Waals surface area (Å²) in [5.74, 6) is 1.34. The van der Waals surface area contributed by atoms with E-state index in [1.165, 1.54) is 0 Å². The van der Waals surface area contributed by atoms with Gasteiger partial charge in [-0.1, -0.05) is 18.2 Å². The standard InChI is InChI=1S/C11H10N4/c1-6-13-9-7-4-2-3-5-8(7)15-11(12)10(9)14-6/h2-5H,1H3,(H2,12,15)(H,13,14). The monoisotopic (exact) mass is 198 g/mol. The molecule has 15 heavy (non-hydrogen) atoms. The highest BCUT2D eigenvalue weighted by Gasteiger charge is 2.08. The molecule has 0 bridgehead atoms. The Morgan fingerprint density at radius 3 is 2.87 bits per heavy atom. The van der Waals surface area contributed by atoms with E-state index in [4.69, 9.17) is 5.73 Å². The van der Waals surface area contributed by atoms with E-state index < -0.39 is 0 Å². The number of nitrogens with two attached hydrogens (primary N) is 1. The molecule has 0 radical (unpaired) electrons. The van der Waals surface area contributed by atoms with Gasteiger partial charge in [-0.05, 0) is 13.0 Å². The molecule has 0 aliphatic rings. The lowest BCUT2D eigenvalue weighted by atomic mass is 10.2. The molecule has 0 amide bonds. The zero-order valence-corrected chi connectivity index (χ0v) is 8.28. The van der Waals surface area contributed by atoms with Crippen LogP contribution in [0.5, 0.6) is 0 Å². The summed E-state index contributed by atoms with van der Waals surface area (Å²) in [5.41, 5.74) is 8.46. The molecule has 3 N–H and O–H groups in total. The van der Waals surface area contributed by atoms with Gasteiger partial charge in [0.05, 0.1) is 11.0 Å². The molecule has 3 aromatic rings. The Kier molecular flexibility index (Phi) is 1.48. The van der Waals surface area contributed by atoms with Crippen molar-refractivity contribution in [3.05, 3.63) is 30.1 Å². The number of para-hydroxylation sites is 1. The second-order valence-electron chi connectivity index (χ2n) is 3.56. The minimum Gasteiger partial charge on any atom is -0.382 e. The molecule has 0 atom stereocenters. The molecule has 0 unspecified atom stereocenters. The topological polar surface area (TPSA) is 67.6 Å². The maximum Gasteiger partial charge on any atom is 0.152 e. The first-order valence-corrected chi connectivity index (χ1v) is 4.76. The van der Waals surface area contributed by atoms with Crippen LogP contribution in [0, 0.1) is 6.92 Å². The van der Waals surface area contributed by atoms with Crippen LogP contribution in [0.4, 0.5) is 5.82 Å². The molecule has 0 saturated heterocycles. The molecule has 0 spiro atoms. The number of rotatable bonds is 0. The number of fused-ring (bicyclic) bond motifs is 3. The number of H-pyrrole nitrogens is 1. The van der Waals surface area contributed by atoms with Gasteiger partial charge in [-0.3, -0.25) is 0 Å². The minimum atomic E-state index is 0.480. The number of aromatic nitrogens is 3. The number of nitrogens with one attached hydrogen (secondary N) is 1. The van der Waals surface area contributed by atoms with Gasteiger partial charge in [-0.15, -0.1) is 0 Å².